The standard InChI is InChI=1S/C13H22BNO3/c1-8-7-10(16-9(8)2)11(15)14-17-12(3,4)13(5,6)18-14/h7,11H,15H2,1-6H3/t11-/m1/s1. The molecule has 18 heavy (non-hydrogen) atoms. The minimum atomic E-state index is -0.472. The summed E-state index contributed by atoms with van der Waals surface area (Å²) < 4.78 is 17.5. The highest BCUT2D eigenvalue weighted by molar-refractivity contribution is 6.47. The van der Waals surface area contributed by atoms with Crippen LogP contribution in [0.1, 0.15) is 50.7 Å². The fourth-order valence-corrected chi connectivity index (χ4v) is 1.94. The van der Waals surface area contributed by atoms with Crippen molar-refractivity contribution >= 4 is 7.12 Å². The summed E-state index contributed by atoms with van der Waals surface area (Å²) in [5.41, 5.74) is 6.54. The normalized spacial score (nSPS) is 23.4. The van der Waals surface area contributed by atoms with Crippen LogP contribution in [-0.2, 0) is 9.31 Å². The lowest BCUT2D eigenvalue weighted by Gasteiger charge is -2.32. The van der Waals surface area contributed by atoms with E-state index in [1.807, 2.05) is 47.6 Å². The van der Waals surface area contributed by atoms with E-state index in [0.717, 1.165) is 11.3 Å². The Bertz CT molecular complexity index is 418. The molecule has 0 unspecified atom stereocenters. The second-order valence-electron chi connectivity index (χ2n) is 6.04. The van der Waals surface area contributed by atoms with Crippen molar-refractivity contribution in [1.29, 1.82) is 0 Å². The number of rotatable bonds is 2. The van der Waals surface area contributed by atoms with E-state index in [0.29, 0.717) is 5.76 Å². The lowest BCUT2D eigenvalue weighted by Crippen LogP contribution is -2.41. The van der Waals surface area contributed by atoms with Gasteiger partial charge in [0.2, 0.25) is 0 Å². The van der Waals surface area contributed by atoms with E-state index in [1.165, 1.54) is 0 Å². The second-order valence-corrected chi connectivity index (χ2v) is 6.04. The molecule has 0 aromatic carbocycles. The molecule has 1 fully saturated rings. The van der Waals surface area contributed by atoms with Gasteiger partial charge in [-0.25, -0.2) is 0 Å². The van der Waals surface area contributed by atoms with Gasteiger partial charge in [-0.05, 0) is 53.2 Å². The van der Waals surface area contributed by atoms with Gasteiger partial charge in [0.25, 0.3) is 0 Å². The minimum Gasteiger partial charge on any atom is -0.465 e. The molecule has 5 heteroatoms. The third-order valence-electron chi connectivity index (χ3n) is 4.08. The summed E-state index contributed by atoms with van der Waals surface area (Å²) in [5.74, 6) is 1.19. The van der Waals surface area contributed by atoms with Crippen LogP contribution in [0, 0.1) is 13.8 Å². The van der Waals surface area contributed by atoms with Crippen molar-refractivity contribution in [2.45, 2.75) is 58.7 Å². The maximum Gasteiger partial charge on any atom is 0.483 e. The first-order valence-corrected chi connectivity index (χ1v) is 6.32. The highest BCUT2D eigenvalue weighted by Gasteiger charge is 2.54. The zero-order valence-electron chi connectivity index (χ0n) is 12.0. The number of furan rings is 1. The molecule has 0 amide bonds. The number of hydrogen-bond acceptors (Lipinski definition) is 4. The lowest BCUT2D eigenvalue weighted by atomic mass is 9.77. The van der Waals surface area contributed by atoms with Crippen LogP contribution >= 0.6 is 0 Å². The summed E-state index contributed by atoms with van der Waals surface area (Å²) in [6, 6.07) is 1.95. The maximum atomic E-state index is 6.18. The van der Waals surface area contributed by atoms with Crippen molar-refractivity contribution in [2.75, 3.05) is 0 Å². The largest absolute Gasteiger partial charge is 0.483 e. The Kier molecular flexibility index (Phi) is 3.12. The maximum absolute atomic E-state index is 6.18. The highest BCUT2D eigenvalue weighted by atomic mass is 16.7. The topological polar surface area (TPSA) is 57.6 Å². The Hall–Kier alpha value is -0.775. The summed E-state index contributed by atoms with van der Waals surface area (Å²) in [6.07, 6.45) is 0. The molecular formula is C13H22BNO3. The van der Waals surface area contributed by atoms with Crippen LogP contribution in [0.25, 0.3) is 0 Å². The van der Waals surface area contributed by atoms with Crippen LogP contribution in [0.3, 0.4) is 0 Å². The Balaban J connectivity index is 2.19. The van der Waals surface area contributed by atoms with Crippen molar-refractivity contribution in [3.63, 3.8) is 0 Å². The molecule has 1 aliphatic heterocycles. The summed E-state index contributed by atoms with van der Waals surface area (Å²) in [4.78, 5) is 0. The van der Waals surface area contributed by atoms with E-state index in [4.69, 9.17) is 19.5 Å². The van der Waals surface area contributed by atoms with Crippen LogP contribution in [0.4, 0.5) is 0 Å². The molecule has 0 spiro atoms. The van der Waals surface area contributed by atoms with Gasteiger partial charge in [0.1, 0.15) is 11.5 Å². The third kappa shape index (κ3) is 2.11. The predicted molar refractivity (Wildman–Crippen MR) is 71.2 cm³/mol. The Labute approximate surface area is 109 Å². The molecule has 2 rings (SSSR count). The van der Waals surface area contributed by atoms with Gasteiger partial charge in [-0.1, -0.05) is 0 Å². The minimum absolute atomic E-state index is 0.369. The molecule has 0 aliphatic carbocycles. The Morgan fingerprint density at radius 3 is 2.00 bits per heavy atom. The highest BCUT2D eigenvalue weighted by Crippen LogP contribution is 2.39. The fourth-order valence-electron chi connectivity index (χ4n) is 1.94. The average Bonchev–Trinajstić information content (AvgIpc) is 2.65. The van der Waals surface area contributed by atoms with Gasteiger partial charge in [-0.3, -0.25) is 0 Å². The van der Waals surface area contributed by atoms with E-state index in [2.05, 4.69) is 0 Å². The van der Waals surface area contributed by atoms with Crippen molar-refractivity contribution < 1.29 is 13.7 Å². The van der Waals surface area contributed by atoms with Crippen LogP contribution in [-0.4, -0.2) is 18.3 Å². The van der Waals surface area contributed by atoms with Gasteiger partial charge < -0.3 is 19.5 Å². The molecule has 1 aromatic heterocycles. The van der Waals surface area contributed by atoms with Crippen molar-refractivity contribution in [1.82, 2.24) is 0 Å². The quantitative estimate of drug-likeness (QED) is 0.820. The molecule has 1 aromatic rings. The summed E-state index contributed by atoms with van der Waals surface area (Å²) in [5, 5.41) is 0. The summed E-state index contributed by atoms with van der Waals surface area (Å²) in [6.45, 7) is 12.0. The zero-order valence-corrected chi connectivity index (χ0v) is 12.0. The molecule has 1 aliphatic rings. The zero-order chi connectivity index (χ0) is 13.7. The summed E-state index contributed by atoms with van der Waals surface area (Å²) >= 11 is 0. The predicted octanol–water partition coefficient (Wildman–Crippen LogP) is 2.53. The van der Waals surface area contributed by atoms with E-state index in [-0.39, 0.29) is 11.2 Å². The molecule has 0 saturated carbocycles. The second kappa shape index (κ2) is 4.12. The molecular weight excluding hydrogens is 229 g/mol. The molecule has 1 saturated heterocycles. The first-order valence-electron chi connectivity index (χ1n) is 6.32. The first-order chi connectivity index (χ1) is 8.14. The molecule has 2 N–H and O–H groups in total. The van der Waals surface area contributed by atoms with Crippen molar-refractivity contribution in [3.05, 3.63) is 23.2 Å². The van der Waals surface area contributed by atoms with Gasteiger partial charge in [0, 0.05) is 0 Å². The molecule has 0 radical (unpaired) electrons. The third-order valence-corrected chi connectivity index (χ3v) is 4.08. The van der Waals surface area contributed by atoms with E-state index < -0.39 is 13.1 Å². The number of nitrogens with two attached hydrogens (primary N) is 1. The van der Waals surface area contributed by atoms with Gasteiger partial charge in [-0.15, -0.1) is 0 Å². The molecule has 100 valence electrons. The van der Waals surface area contributed by atoms with Crippen LogP contribution < -0.4 is 5.73 Å². The molecule has 0 bridgehead atoms. The SMILES string of the molecule is Cc1cc([C@@H](N)B2OC(C)(C)C(C)(C)O2)oc1C. The smallest absolute Gasteiger partial charge is 0.465 e. The average molecular weight is 251 g/mol. The first kappa shape index (κ1) is 13.7. The van der Waals surface area contributed by atoms with Crippen LogP contribution in [0.5, 0.6) is 0 Å². The number of aryl methyl sites for hydroxylation is 2. The van der Waals surface area contributed by atoms with Gasteiger partial charge in [0.05, 0.1) is 17.1 Å². The van der Waals surface area contributed by atoms with Gasteiger partial charge >= 0.3 is 7.12 Å². The Morgan fingerprint density at radius 1 is 1.11 bits per heavy atom. The van der Waals surface area contributed by atoms with E-state index in [9.17, 15) is 0 Å². The van der Waals surface area contributed by atoms with Crippen LogP contribution in [0.15, 0.2) is 10.5 Å². The van der Waals surface area contributed by atoms with Gasteiger partial charge in [-0.2, -0.15) is 0 Å². The molecule has 4 nitrogen and oxygen atoms in total. The summed E-state index contributed by atoms with van der Waals surface area (Å²) in [7, 11) is -0.472. The van der Waals surface area contributed by atoms with Gasteiger partial charge in [0.15, 0.2) is 0 Å². The molecule has 2 heterocycles. The fraction of sp³-hybridized carbons (Fsp3) is 0.692. The van der Waals surface area contributed by atoms with E-state index >= 15 is 0 Å². The monoisotopic (exact) mass is 251 g/mol. The lowest BCUT2D eigenvalue weighted by molar-refractivity contribution is 0.00578. The Morgan fingerprint density at radius 2 is 1.61 bits per heavy atom. The molecule has 1 atom stereocenters. The van der Waals surface area contributed by atoms with Crippen molar-refractivity contribution in [2.24, 2.45) is 5.73 Å². The number of hydrogen-bond donors (Lipinski definition) is 1. The van der Waals surface area contributed by atoms with Crippen molar-refractivity contribution in [3.8, 4) is 0 Å². The van der Waals surface area contributed by atoms with Crippen LogP contribution in [0.2, 0.25) is 0 Å². The van der Waals surface area contributed by atoms with E-state index in [1.54, 1.807) is 0 Å².